The first kappa shape index (κ1) is 17.6. The molecule has 0 aliphatic carbocycles. The van der Waals surface area contributed by atoms with Gasteiger partial charge in [-0.15, -0.1) is 11.3 Å². The van der Waals surface area contributed by atoms with Gasteiger partial charge in [0.25, 0.3) is 0 Å². The minimum absolute atomic E-state index is 0.844. The number of hydrazone groups is 1. The van der Waals surface area contributed by atoms with E-state index in [-0.39, 0.29) is 0 Å². The molecular formula is C21H25N3S. The summed E-state index contributed by atoms with van der Waals surface area (Å²) in [5, 5.41) is 9.88. The SMILES string of the molecule is CCCCCC/C(C)=N\Nc1nc(-c2ccc3ccccc3c2)cs1. The third-order valence-corrected chi connectivity index (χ3v) is 5.03. The van der Waals surface area contributed by atoms with Gasteiger partial charge in [-0.2, -0.15) is 5.10 Å². The van der Waals surface area contributed by atoms with Gasteiger partial charge < -0.3 is 0 Å². The van der Waals surface area contributed by atoms with Gasteiger partial charge in [-0.25, -0.2) is 4.98 Å². The Balaban J connectivity index is 1.63. The summed E-state index contributed by atoms with van der Waals surface area (Å²) in [4.78, 5) is 4.67. The van der Waals surface area contributed by atoms with Gasteiger partial charge in [-0.05, 0) is 36.6 Å². The van der Waals surface area contributed by atoms with E-state index in [1.54, 1.807) is 11.3 Å². The summed E-state index contributed by atoms with van der Waals surface area (Å²) in [6.45, 7) is 4.31. The summed E-state index contributed by atoms with van der Waals surface area (Å²) in [7, 11) is 0. The number of hydrogen-bond donors (Lipinski definition) is 1. The normalized spacial score (nSPS) is 11.8. The van der Waals surface area contributed by atoms with Crippen LogP contribution in [0.4, 0.5) is 5.13 Å². The summed E-state index contributed by atoms with van der Waals surface area (Å²) in [5.41, 5.74) is 6.38. The van der Waals surface area contributed by atoms with Gasteiger partial charge in [0.1, 0.15) is 0 Å². The van der Waals surface area contributed by atoms with Crippen LogP contribution in [0.3, 0.4) is 0 Å². The van der Waals surface area contributed by atoms with Crippen LogP contribution in [-0.4, -0.2) is 10.7 Å². The summed E-state index contributed by atoms with van der Waals surface area (Å²) in [5.74, 6) is 0. The fraction of sp³-hybridized carbons (Fsp3) is 0.333. The monoisotopic (exact) mass is 351 g/mol. The van der Waals surface area contributed by atoms with Crippen molar-refractivity contribution in [3.63, 3.8) is 0 Å². The van der Waals surface area contributed by atoms with Crippen molar-refractivity contribution in [3.05, 3.63) is 47.8 Å². The van der Waals surface area contributed by atoms with Crippen LogP contribution in [0.15, 0.2) is 52.9 Å². The number of nitrogens with zero attached hydrogens (tertiary/aromatic N) is 2. The minimum atomic E-state index is 0.844. The number of anilines is 1. The molecule has 0 spiro atoms. The number of fused-ring (bicyclic) bond motifs is 1. The average Bonchev–Trinajstić information content (AvgIpc) is 3.12. The smallest absolute Gasteiger partial charge is 0.203 e. The van der Waals surface area contributed by atoms with E-state index in [1.165, 1.54) is 36.5 Å². The van der Waals surface area contributed by atoms with Crippen LogP contribution in [0.5, 0.6) is 0 Å². The zero-order chi connectivity index (χ0) is 17.5. The molecule has 1 aromatic heterocycles. The molecule has 0 fully saturated rings. The second-order valence-electron chi connectivity index (χ2n) is 6.37. The second kappa shape index (κ2) is 8.77. The van der Waals surface area contributed by atoms with E-state index in [1.807, 2.05) is 0 Å². The van der Waals surface area contributed by atoms with Crippen LogP contribution in [0.25, 0.3) is 22.0 Å². The van der Waals surface area contributed by atoms with Gasteiger partial charge in [0.15, 0.2) is 0 Å². The van der Waals surface area contributed by atoms with E-state index < -0.39 is 0 Å². The zero-order valence-electron chi connectivity index (χ0n) is 15.0. The summed E-state index contributed by atoms with van der Waals surface area (Å²) >= 11 is 1.59. The lowest BCUT2D eigenvalue weighted by Gasteiger charge is -2.02. The first-order valence-electron chi connectivity index (χ1n) is 9.00. The number of thiazole rings is 1. The number of benzene rings is 2. The Morgan fingerprint density at radius 1 is 1.08 bits per heavy atom. The highest BCUT2D eigenvalue weighted by atomic mass is 32.1. The van der Waals surface area contributed by atoms with Crippen molar-refractivity contribution in [2.75, 3.05) is 5.43 Å². The molecule has 3 aromatic rings. The Labute approximate surface area is 153 Å². The summed E-state index contributed by atoms with van der Waals surface area (Å²) < 4.78 is 0. The van der Waals surface area contributed by atoms with Crippen molar-refractivity contribution in [1.82, 2.24) is 4.98 Å². The predicted molar refractivity (Wildman–Crippen MR) is 111 cm³/mol. The average molecular weight is 352 g/mol. The van der Waals surface area contributed by atoms with Crippen molar-refractivity contribution >= 4 is 33.0 Å². The van der Waals surface area contributed by atoms with Gasteiger partial charge in [-0.3, -0.25) is 5.43 Å². The van der Waals surface area contributed by atoms with Crippen LogP contribution in [0.2, 0.25) is 0 Å². The summed E-state index contributed by atoms with van der Waals surface area (Å²) in [6, 6.07) is 14.9. The highest BCUT2D eigenvalue weighted by Crippen LogP contribution is 2.27. The molecule has 0 saturated heterocycles. The Kier molecular flexibility index (Phi) is 6.18. The first-order valence-corrected chi connectivity index (χ1v) is 9.88. The van der Waals surface area contributed by atoms with Gasteiger partial charge in [0, 0.05) is 16.7 Å². The standard InChI is InChI=1S/C21H25N3S/c1-3-4-5-6-9-16(2)23-24-21-22-20(15-25-21)19-13-12-17-10-7-8-11-18(17)14-19/h7-8,10-15H,3-6,9H2,1-2H3,(H,22,24)/b23-16-. The summed E-state index contributed by atoms with van der Waals surface area (Å²) in [6.07, 6.45) is 6.13. The number of nitrogens with one attached hydrogen (secondary N) is 1. The Bertz CT molecular complexity index is 851. The Morgan fingerprint density at radius 2 is 1.92 bits per heavy atom. The molecule has 0 unspecified atom stereocenters. The second-order valence-corrected chi connectivity index (χ2v) is 7.23. The molecule has 130 valence electrons. The molecular weight excluding hydrogens is 326 g/mol. The van der Waals surface area contributed by atoms with Crippen molar-refractivity contribution in [2.24, 2.45) is 5.10 Å². The lowest BCUT2D eigenvalue weighted by Crippen LogP contribution is -1.97. The molecule has 0 saturated carbocycles. The van der Waals surface area contributed by atoms with E-state index in [0.29, 0.717) is 0 Å². The van der Waals surface area contributed by atoms with E-state index in [9.17, 15) is 0 Å². The van der Waals surface area contributed by atoms with E-state index in [2.05, 4.69) is 77.2 Å². The molecule has 0 bridgehead atoms. The first-order chi connectivity index (χ1) is 12.3. The lowest BCUT2D eigenvalue weighted by molar-refractivity contribution is 0.682. The van der Waals surface area contributed by atoms with Crippen molar-refractivity contribution in [3.8, 4) is 11.3 Å². The van der Waals surface area contributed by atoms with Gasteiger partial charge >= 0.3 is 0 Å². The van der Waals surface area contributed by atoms with Crippen molar-refractivity contribution in [2.45, 2.75) is 46.0 Å². The Hall–Kier alpha value is -2.20. The fourth-order valence-corrected chi connectivity index (χ4v) is 3.47. The zero-order valence-corrected chi connectivity index (χ0v) is 15.8. The molecule has 1 heterocycles. The highest BCUT2D eigenvalue weighted by molar-refractivity contribution is 7.14. The molecule has 0 radical (unpaired) electrons. The lowest BCUT2D eigenvalue weighted by atomic mass is 10.1. The molecule has 0 aliphatic rings. The molecule has 3 rings (SSSR count). The number of rotatable bonds is 8. The molecule has 4 heteroatoms. The van der Waals surface area contributed by atoms with Crippen LogP contribution < -0.4 is 5.43 Å². The van der Waals surface area contributed by atoms with E-state index >= 15 is 0 Å². The van der Waals surface area contributed by atoms with Crippen molar-refractivity contribution in [1.29, 1.82) is 0 Å². The largest absolute Gasteiger partial charge is 0.253 e. The van der Waals surface area contributed by atoms with Gasteiger partial charge in [0.2, 0.25) is 5.13 Å². The molecule has 0 amide bonds. The molecule has 0 atom stereocenters. The number of aromatic nitrogens is 1. The van der Waals surface area contributed by atoms with Crippen LogP contribution in [-0.2, 0) is 0 Å². The third-order valence-electron chi connectivity index (χ3n) is 4.28. The van der Waals surface area contributed by atoms with Gasteiger partial charge in [-0.1, -0.05) is 62.6 Å². The highest BCUT2D eigenvalue weighted by Gasteiger charge is 2.05. The maximum absolute atomic E-state index is 4.67. The molecule has 1 N–H and O–H groups in total. The van der Waals surface area contributed by atoms with Crippen LogP contribution in [0.1, 0.15) is 46.0 Å². The Morgan fingerprint density at radius 3 is 2.76 bits per heavy atom. The van der Waals surface area contributed by atoms with Crippen molar-refractivity contribution < 1.29 is 0 Å². The topological polar surface area (TPSA) is 37.3 Å². The molecule has 3 nitrogen and oxygen atoms in total. The minimum Gasteiger partial charge on any atom is -0.253 e. The third kappa shape index (κ3) is 4.89. The van der Waals surface area contributed by atoms with E-state index in [0.717, 1.165) is 28.5 Å². The van der Waals surface area contributed by atoms with Crippen LogP contribution >= 0.6 is 11.3 Å². The molecule has 2 aromatic carbocycles. The predicted octanol–water partition coefficient (Wildman–Crippen LogP) is 6.72. The molecule has 25 heavy (non-hydrogen) atoms. The number of unbranched alkanes of at least 4 members (excludes halogenated alkanes) is 3. The molecule has 0 aliphatic heterocycles. The number of hydrogen-bond acceptors (Lipinski definition) is 4. The quantitative estimate of drug-likeness (QED) is 0.278. The van der Waals surface area contributed by atoms with E-state index in [4.69, 9.17) is 0 Å². The maximum Gasteiger partial charge on any atom is 0.203 e. The van der Waals surface area contributed by atoms with Gasteiger partial charge in [0.05, 0.1) is 5.69 Å². The van der Waals surface area contributed by atoms with Crippen LogP contribution in [0, 0.1) is 0 Å². The fourth-order valence-electron chi connectivity index (χ4n) is 2.81. The maximum atomic E-state index is 4.67.